The molecule has 0 bridgehead atoms. The van der Waals surface area contributed by atoms with Crippen LogP contribution in [0.25, 0.3) is 0 Å². The van der Waals surface area contributed by atoms with Crippen LogP contribution in [0.5, 0.6) is 11.5 Å². The number of ketones is 1. The van der Waals surface area contributed by atoms with Gasteiger partial charge in [0.25, 0.3) is 11.5 Å². The molecular formula is C35H33N3O8. The number of carboxylic acids is 1. The number of phenols is 1. The van der Waals surface area contributed by atoms with E-state index in [9.17, 15) is 34.2 Å². The van der Waals surface area contributed by atoms with E-state index in [-0.39, 0.29) is 34.6 Å². The molecule has 2 aromatic carbocycles. The maximum absolute atomic E-state index is 13.5. The highest BCUT2D eigenvalue weighted by molar-refractivity contribution is 5.99. The number of H-pyrrole nitrogens is 1. The Hall–Kier alpha value is -5.63. The zero-order valence-electron chi connectivity index (χ0n) is 26.0. The van der Waals surface area contributed by atoms with Gasteiger partial charge in [-0.1, -0.05) is 30.0 Å². The molecular weight excluding hydrogens is 590 g/mol. The third-order valence-electron chi connectivity index (χ3n) is 7.79. The standard InChI is InChI=1S/C35H33N3O8/c1-34(2,13-12-20-17-38(5)33(45)36-30(20)41)18-35(3,4)37-31(42)19-6-9-23(26(14-19)32(43)44)29-24-10-7-21(39)15-27(24)46-28-16-22(40)8-11-25(28)29/h6-11,14-15,17,29,39H,16,18H2,1-5H3,(H,37,42)(H,43,44)(H,36,41,45). The number of amides is 1. The molecule has 46 heavy (non-hydrogen) atoms. The molecule has 11 nitrogen and oxygen atoms in total. The summed E-state index contributed by atoms with van der Waals surface area (Å²) < 4.78 is 7.18. The number of phenolic OH excluding ortho intramolecular Hbond substituents is 1. The second-order valence-electron chi connectivity index (χ2n) is 12.8. The number of nitrogens with zero attached hydrogens (tertiary/aromatic N) is 1. The molecule has 4 N–H and O–H groups in total. The fraction of sp³-hybridized carbons (Fsp3) is 0.286. The van der Waals surface area contributed by atoms with Crippen molar-refractivity contribution in [3.05, 3.63) is 115 Å². The maximum atomic E-state index is 13.5. The van der Waals surface area contributed by atoms with Crippen LogP contribution in [0.2, 0.25) is 0 Å². The number of rotatable bonds is 6. The molecule has 0 fully saturated rings. The molecule has 1 atom stereocenters. The lowest BCUT2D eigenvalue weighted by atomic mass is 9.78. The average Bonchev–Trinajstić information content (AvgIpc) is 2.95. The van der Waals surface area contributed by atoms with Crippen molar-refractivity contribution >= 4 is 17.7 Å². The van der Waals surface area contributed by atoms with Crippen LogP contribution in [0.3, 0.4) is 0 Å². The zero-order valence-corrected chi connectivity index (χ0v) is 26.0. The van der Waals surface area contributed by atoms with Crippen molar-refractivity contribution in [1.82, 2.24) is 14.9 Å². The summed E-state index contributed by atoms with van der Waals surface area (Å²) in [6.07, 6.45) is 4.79. The van der Waals surface area contributed by atoms with E-state index in [1.807, 2.05) is 27.7 Å². The van der Waals surface area contributed by atoms with Gasteiger partial charge in [-0.3, -0.25) is 19.4 Å². The highest BCUT2D eigenvalue weighted by Crippen LogP contribution is 2.47. The van der Waals surface area contributed by atoms with Gasteiger partial charge in [0.2, 0.25) is 0 Å². The Morgan fingerprint density at radius 3 is 2.50 bits per heavy atom. The van der Waals surface area contributed by atoms with Crippen LogP contribution in [0.1, 0.15) is 83.9 Å². The van der Waals surface area contributed by atoms with E-state index in [1.54, 1.807) is 24.3 Å². The van der Waals surface area contributed by atoms with Gasteiger partial charge in [0.05, 0.1) is 12.0 Å². The highest BCUT2D eigenvalue weighted by atomic mass is 16.5. The third kappa shape index (κ3) is 6.56. The van der Waals surface area contributed by atoms with E-state index in [2.05, 4.69) is 22.1 Å². The van der Waals surface area contributed by atoms with Crippen molar-refractivity contribution < 1.29 is 29.3 Å². The second-order valence-corrected chi connectivity index (χ2v) is 12.8. The van der Waals surface area contributed by atoms with E-state index in [0.29, 0.717) is 34.6 Å². The predicted octanol–water partition coefficient (Wildman–Crippen LogP) is 3.76. The van der Waals surface area contributed by atoms with Crippen molar-refractivity contribution in [2.45, 2.75) is 52.0 Å². The number of hydrogen-bond donors (Lipinski definition) is 4. The van der Waals surface area contributed by atoms with E-state index in [0.717, 1.165) is 0 Å². The fourth-order valence-electron chi connectivity index (χ4n) is 6.03. The number of allylic oxidation sites excluding steroid dienone is 4. The number of benzene rings is 2. The Kier molecular flexibility index (Phi) is 8.09. The number of hydrogen-bond acceptors (Lipinski definition) is 7. The van der Waals surface area contributed by atoms with Crippen molar-refractivity contribution in [3.8, 4) is 23.3 Å². The van der Waals surface area contributed by atoms with E-state index in [4.69, 9.17) is 4.74 Å². The van der Waals surface area contributed by atoms with E-state index >= 15 is 0 Å². The first-order valence-electron chi connectivity index (χ1n) is 14.5. The molecule has 2 aliphatic rings. The molecule has 1 aliphatic carbocycles. The minimum atomic E-state index is -1.24. The number of carboxylic acid groups (broad SMARTS) is 1. The largest absolute Gasteiger partial charge is 0.508 e. The molecule has 1 aliphatic heterocycles. The first-order chi connectivity index (χ1) is 21.5. The van der Waals surface area contributed by atoms with Gasteiger partial charge in [0, 0.05) is 52.9 Å². The lowest BCUT2D eigenvalue weighted by Gasteiger charge is -2.33. The van der Waals surface area contributed by atoms with Crippen molar-refractivity contribution in [2.75, 3.05) is 0 Å². The van der Waals surface area contributed by atoms with Gasteiger partial charge < -0.3 is 24.8 Å². The molecule has 2 heterocycles. The topological polar surface area (TPSA) is 168 Å². The Morgan fingerprint density at radius 1 is 1.07 bits per heavy atom. The first-order valence-corrected chi connectivity index (χ1v) is 14.5. The maximum Gasteiger partial charge on any atom is 0.336 e. The van der Waals surface area contributed by atoms with Gasteiger partial charge >= 0.3 is 11.7 Å². The summed E-state index contributed by atoms with van der Waals surface area (Å²) in [5.74, 6) is 4.05. The van der Waals surface area contributed by atoms with Gasteiger partial charge in [-0.2, -0.15) is 0 Å². The molecule has 5 rings (SSSR count). The molecule has 3 aromatic rings. The second kappa shape index (κ2) is 11.7. The van der Waals surface area contributed by atoms with Crippen molar-refractivity contribution in [3.63, 3.8) is 0 Å². The number of carbonyl (C=O) groups is 3. The summed E-state index contributed by atoms with van der Waals surface area (Å²) in [5, 5.41) is 23.3. The van der Waals surface area contributed by atoms with E-state index < -0.39 is 40.0 Å². The summed E-state index contributed by atoms with van der Waals surface area (Å²) in [6, 6.07) is 9.02. The molecule has 236 valence electrons. The number of aromatic nitrogens is 2. The van der Waals surface area contributed by atoms with Crippen molar-refractivity contribution in [2.24, 2.45) is 12.5 Å². The van der Waals surface area contributed by atoms with Gasteiger partial charge in [-0.25, -0.2) is 9.59 Å². The molecule has 1 amide bonds. The molecule has 11 heteroatoms. The Bertz CT molecular complexity index is 2050. The Morgan fingerprint density at radius 2 is 1.78 bits per heavy atom. The van der Waals surface area contributed by atoms with Crippen LogP contribution < -0.4 is 21.3 Å². The van der Waals surface area contributed by atoms with Gasteiger partial charge in [-0.15, -0.1) is 0 Å². The predicted molar refractivity (Wildman–Crippen MR) is 169 cm³/mol. The number of fused-ring (bicyclic) bond motifs is 1. The van der Waals surface area contributed by atoms with Gasteiger partial charge in [-0.05, 0) is 64.0 Å². The third-order valence-corrected chi connectivity index (χ3v) is 7.79. The Labute approximate surface area is 264 Å². The Balaban J connectivity index is 1.43. The number of aromatic amines is 1. The highest BCUT2D eigenvalue weighted by Gasteiger charge is 2.35. The van der Waals surface area contributed by atoms with Crippen LogP contribution in [0.4, 0.5) is 0 Å². The van der Waals surface area contributed by atoms with Crippen LogP contribution in [0, 0.1) is 17.3 Å². The van der Waals surface area contributed by atoms with Crippen LogP contribution in [0.15, 0.2) is 75.7 Å². The lowest BCUT2D eigenvalue weighted by molar-refractivity contribution is -0.114. The normalized spacial score (nSPS) is 15.7. The molecule has 1 unspecified atom stereocenters. The average molecular weight is 624 g/mol. The number of ether oxygens (including phenoxy) is 1. The molecule has 0 radical (unpaired) electrons. The minimum absolute atomic E-state index is 0.00233. The van der Waals surface area contributed by atoms with Crippen LogP contribution in [-0.4, -0.2) is 43.0 Å². The molecule has 1 aromatic heterocycles. The summed E-state index contributed by atoms with van der Waals surface area (Å²) in [6.45, 7) is 7.37. The van der Waals surface area contributed by atoms with Crippen LogP contribution in [-0.2, 0) is 11.8 Å². The molecule has 0 spiro atoms. The summed E-state index contributed by atoms with van der Waals surface area (Å²) in [4.78, 5) is 64.2. The molecule has 0 saturated carbocycles. The van der Waals surface area contributed by atoms with E-state index in [1.165, 1.54) is 42.1 Å². The zero-order chi connectivity index (χ0) is 33.6. The summed E-state index contributed by atoms with van der Waals surface area (Å²) in [7, 11) is 1.51. The number of carbonyl (C=O) groups excluding carboxylic acids is 2. The van der Waals surface area contributed by atoms with Gasteiger partial charge in [0.15, 0.2) is 5.78 Å². The van der Waals surface area contributed by atoms with Crippen molar-refractivity contribution in [1.29, 1.82) is 0 Å². The number of aromatic carboxylic acids is 1. The smallest absolute Gasteiger partial charge is 0.336 e. The fourth-order valence-corrected chi connectivity index (χ4v) is 6.03. The minimum Gasteiger partial charge on any atom is -0.508 e. The molecule has 0 saturated heterocycles. The summed E-state index contributed by atoms with van der Waals surface area (Å²) in [5.41, 5.74) is -0.776. The van der Waals surface area contributed by atoms with Gasteiger partial charge in [0.1, 0.15) is 22.8 Å². The first kappa shape index (κ1) is 31.8. The quantitative estimate of drug-likeness (QED) is 0.301. The summed E-state index contributed by atoms with van der Waals surface area (Å²) >= 11 is 0. The number of aryl methyl sites for hydroxylation is 1. The lowest BCUT2D eigenvalue weighted by Crippen LogP contribution is -2.46. The van der Waals surface area contributed by atoms with Crippen LogP contribution >= 0.6 is 0 Å². The SMILES string of the molecule is Cn1cc(C#CC(C)(C)CC(C)(C)NC(=O)c2ccc(C3C4=C(CC(=O)C=C4)Oc4cc(O)ccc43)c(C(=O)O)c2)c(=O)[nH]c1=O. The number of aromatic hydroxyl groups is 1. The number of nitrogens with one attached hydrogen (secondary N) is 2. The monoisotopic (exact) mass is 623 g/mol.